The second-order valence-corrected chi connectivity index (χ2v) is 5.37. The van der Waals surface area contributed by atoms with Crippen molar-refractivity contribution in [1.29, 1.82) is 0 Å². The summed E-state index contributed by atoms with van der Waals surface area (Å²) >= 11 is 6.40. The number of alkyl halides is 1. The van der Waals surface area contributed by atoms with Gasteiger partial charge in [-0.2, -0.15) is 0 Å². The lowest BCUT2D eigenvalue weighted by Gasteiger charge is -2.16. The first-order chi connectivity index (χ1) is 10.2. The molecule has 0 saturated carbocycles. The van der Waals surface area contributed by atoms with Crippen LogP contribution in [0, 0.1) is 0 Å². The standard InChI is InChI=1S/C17H15ClN2O/c1-2-14(18)16-19-15-11-7-6-10-13(15)17(21)20(16)12-8-4-3-5-9-12/h3-11,14H,2H2,1H3. The molecular formula is C17H15ClN2O. The highest BCUT2D eigenvalue weighted by molar-refractivity contribution is 6.20. The zero-order valence-electron chi connectivity index (χ0n) is 11.7. The first kappa shape index (κ1) is 13.8. The van der Waals surface area contributed by atoms with Crippen molar-refractivity contribution >= 4 is 22.5 Å². The number of hydrogen-bond donors (Lipinski definition) is 0. The number of para-hydroxylation sites is 2. The van der Waals surface area contributed by atoms with Crippen LogP contribution in [0.15, 0.2) is 59.4 Å². The molecule has 0 bridgehead atoms. The van der Waals surface area contributed by atoms with Gasteiger partial charge in [0, 0.05) is 0 Å². The van der Waals surface area contributed by atoms with Crippen LogP contribution in [0.4, 0.5) is 0 Å². The van der Waals surface area contributed by atoms with Crippen LogP contribution in [-0.4, -0.2) is 9.55 Å². The SMILES string of the molecule is CCC(Cl)c1nc2ccccc2c(=O)n1-c1ccccc1. The van der Waals surface area contributed by atoms with E-state index in [0.717, 1.165) is 5.69 Å². The quantitative estimate of drug-likeness (QED) is 0.683. The van der Waals surface area contributed by atoms with Crippen LogP contribution in [-0.2, 0) is 0 Å². The Labute approximate surface area is 127 Å². The maximum absolute atomic E-state index is 12.8. The van der Waals surface area contributed by atoms with E-state index < -0.39 is 0 Å². The lowest BCUT2D eigenvalue weighted by molar-refractivity contribution is 0.751. The molecule has 0 radical (unpaired) electrons. The van der Waals surface area contributed by atoms with Crippen LogP contribution in [0.3, 0.4) is 0 Å². The van der Waals surface area contributed by atoms with E-state index >= 15 is 0 Å². The maximum atomic E-state index is 12.8. The van der Waals surface area contributed by atoms with Gasteiger partial charge in [-0.05, 0) is 30.7 Å². The molecule has 0 aliphatic heterocycles. The summed E-state index contributed by atoms with van der Waals surface area (Å²) in [6.07, 6.45) is 0.708. The molecule has 0 fully saturated rings. The first-order valence-corrected chi connectivity index (χ1v) is 7.37. The van der Waals surface area contributed by atoms with Crippen LogP contribution < -0.4 is 5.56 Å². The van der Waals surface area contributed by atoms with Gasteiger partial charge in [0.15, 0.2) is 0 Å². The molecule has 0 spiro atoms. The van der Waals surface area contributed by atoms with Crippen molar-refractivity contribution in [1.82, 2.24) is 9.55 Å². The summed E-state index contributed by atoms with van der Waals surface area (Å²) in [6.45, 7) is 1.98. The first-order valence-electron chi connectivity index (χ1n) is 6.93. The highest BCUT2D eigenvalue weighted by atomic mass is 35.5. The van der Waals surface area contributed by atoms with Gasteiger partial charge in [-0.3, -0.25) is 9.36 Å². The predicted octanol–water partition coefficient (Wildman–Crippen LogP) is 4.08. The summed E-state index contributed by atoms with van der Waals surface area (Å²) in [6, 6.07) is 16.9. The summed E-state index contributed by atoms with van der Waals surface area (Å²) in [4.78, 5) is 17.4. The topological polar surface area (TPSA) is 34.9 Å². The number of nitrogens with zero attached hydrogens (tertiary/aromatic N) is 2. The van der Waals surface area contributed by atoms with E-state index in [-0.39, 0.29) is 10.9 Å². The van der Waals surface area contributed by atoms with Crippen molar-refractivity contribution in [2.45, 2.75) is 18.7 Å². The molecular weight excluding hydrogens is 284 g/mol. The van der Waals surface area contributed by atoms with Crippen LogP contribution in [0.2, 0.25) is 0 Å². The van der Waals surface area contributed by atoms with E-state index in [9.17, 15) is 4.79 Å². The Balaban J connectivity index is 2.40. The van der Waals surface area contributed by atoms with Crippen molar-refractivity contribution in [3.05, 3.63) is 70.8 Å². The molecule has 3 rings (SSSR count). The average Bonchev–Trinajstić information content (AvgIpc) is 2.55. The Hall–Kier alpha value is -2.13. The van der Waals surface area contributed by atoms with Crippen molar-refractivity contribution < 1.29 is 0 Å². The lowest BCUT2D eigenvalue weighted by Crippen LogP contribution is -2.24. The van der Waals surface area contributed by atoms with E-state index in [1.807, 2.05) is 55.5 Å². The van der Waals surface area contributed by atoms with Gasteiger partial charge in [0.25, 0.3) is 5.56 Å². The molecule has 106 valence electrons. The van der Waals surface area contributed by atoms with Gasteiger partial charge in [-0.25, -0.2) is 4.98 Å². The number of rotatable bonds is 3. The monoisotopic (exact) mass is 298 g/mol. The van der Waals surface area contributed by atoms with Gasteiger partial charge in [-0.15, -0.1) is 11.6 Å². The lowest BCUT2D eigenvalue weighted by atomic mass is 10.2. The van der Waals surface area contributed by atoms with Gasteiger partial charge in [0.1, 0.15) is 5.82 Å². The Bertz CT molecular complexity index is 827. The predicted molar refractivity (Wildman–Crippen MR) is 86.2 cm³/mol. The maximum Gasteiger partial charge on any atom is 0.266 e. The van der Waals surface area contributed by atoms with E-state index in [0.29, 0.717) is 23.1 Å². The van der Waals surface area contributed by atoms with Crippen LogP contribution >= 0.6 is 11.6 Å². The van der Waals surface area contributed by atoms with Gasteiger partial charge in [0.2, 0.25) is 0 Å². The number of fused-ring (bicyclic) bond motifs is 1. The number of hydrogen-bond acceptors (Lipinski definition) is 2. The van der Waals surface area contributed by atoms with E-state index in [2.05, 4.69) is 4.98 Å². The minimum absolute atomic E-state index is 0.0825. The summed E-state index contributed by atoms with van der Waals surface area (Å²) in [5, 5.41) is 0.299. The van der Waals surface area contributed by atoms with Crippen molar-refractivity contribution in [3.63, 3.8) is 0 Å². The van der Waals surface area contributed by atoms with Crippen molar-refractivity contribution in [2.75, 3.05) is 0 Å². The minimum atomic E-state index is -0.303. The van der Waals surface area contributed by atoms with Gasteiger partial charge in [0.05, 0.1) is 22.0 Å². The van der Waals surface area contributed by atoms with Crippen LogP contribution in [0.5, 0.6) is 0 Å². The van der Waals surface area contributed by atoms with E-state index in [1.165, 1.54) is 0 Å². The molecule has 3 nitrogen and oxygen atoms in total. The fourth-order valence-electron chi connectivity index (χ4n) is 2.37. The molecule has 0 saturated heterocycles. The van der Waals surface area contributed by atoms with E-state index in [1.54, 1.807) is 10.6 Å². The highest BCUT2D eigenvalue weighted by Gasteiger charge is 2.17. The normalized spacial score (nSPS) is 12.5. The molecule has 0 amide bonds. The molecule has 1 unspecified atom stereocenters. The van der Waals surface area contributed by atoms with Crippen LogP contribution in [0.25, 0.3) is 16.6 Å². The second-order valence-electron chi connectivity index (χ2n) is 4.84. The summed E-state index contributed by atoms with van der Waals surface area (Å²) in [7, 11) is 0. The summed E-state index contributed by atoms with van der Waals surface area (Å²) in [5.74, 6) is 0.592. The smallest absolute Gasteiger partial charge is 0.266 e. The van der Waals surface area contributed by atoms with Gasteiger partial charge >= 0.3 is 0 Å². The molecule has 0 aliphatic carbocycles. The molecule has 3 aromatic rings. The van der Waals surface area contributed by atoms with Crippen molar-refractivity contribution in [2.24, 2.45) is 0 Å². The van der Waals surface area contributed by atoms with Gasteiger partial charge in [-0.1, -0.05) is 37.3 Å². The second kappa shape index (κ2) is 5.70. The number of benzene rings is 2. The fourth-order valence-corrected chi connectivity index (χ4v) is 2.52. The van der Waals surface area contributed by atoms with Crippen molar-refractivity contribution in [3.8, 4) is 5.69 Å². The largest absolute Gasteiger partial charge is 0.268 e. The zero-order chi connectivity index (χ0) is 14.8. The number of aromatic nitrogens is 2. The minimum Gasteiger partial charge on any atom is -0.268 e. The molecule has 1 aromatic heterocycles. The number of halogens is 1. The molecule has 2 aromatic carbocycles. The summed E-state index contributed by atoms with van der Waals surface area (Å²) in [5.41, 5.74) is 1.39. The third-order valence-electron chi connectivity index (χ3n) is 3.45. The van der Waals surface area contributed by atoms with E-state index in [4.69, 9.17) is 11.6 Å². The molecule has 0 aliphatic rings. The Morgan fingerprint density at radius 3 is 2.48 bits per heavy atom. The molecule has 1 heterocycles. The molecule has 1 atom stereocenters. The molecule has 0 N–H and O–H groups in total. The Morgan fingerprint density at radius 1 is 1.10 bits per heavy atom. The van der Waals surface area contributed by atoms with Crippen LogP contribution in [0.1, 0.15) is 24.5 Å². The average molecular weight is 299 g/mol. The Morgan fingerprint density at radius 2 is 1.76 bits per heavy atom. The highest BCUT2D eigenvalue weighted by Crippen LogP contribution is 2.24. The Kier molecular flexibility index (Phi) is 3.76. The third kappa shape index (κ3) is 2.45. The summed E-state index contributed by atoms with van der Waals surface area (Å²) < 4.78 is 1.61. The fraction of sp³-hybridized carbons (Fsp3) is 0.176. The third-order valence-corrected chi connectivity index (χ3v) is 3.96. The van der Waals surface area contributed by atoms with Gasteiger partial charge < -0.3 is 0 Å². The molecule has 21 heavy (non-hydrogen) atoms. The zero-order valence-corrected chi connectivity index (χ0v) is 12.4. The molecule has 4 heteroatoms.